The lowest BCUT2D eigenvalue weighted by molar-refractivity contribution is 0.0691. The molecule has 1 aliphatic rings. The van der Waals surface area contributed by atoms with Crippen LogP contribution in [0.3, 0.4) is 0 Å². The number of aromatic carboxylic acids is 1. The Morgan fingerprint density at radius 2 is 2.15 bits per heavy atom. The number of carbonyl (C=O) groups is 2. The molecule has 1 aliphatic carbocycles. The van der Waals surface area contributed by atoms with E-state index >= 15 is 0 Å². The Bertz CT molecular complexity index is 491. The highest BCUT2D eigenvalue weighted by Crippen LogP contribution is 2.18. The molecule has 2 atom stereocenters. The van der Waals surface area contributed by atoms with Gasteiger partial charge in [0.25, 0.3) is 0 Å². The van der Waals surface area contributed by atoms with Crippen molar-refractivity contribution in [2.45, 2.75) is 44.4 Å². The molecule has 0 saturated heterocycles. The van der Waals surface area contributed by atoms with Gasteiger partial charge in [-0.1, -0.05) is 12.8 Å². The van der Waals surface area contributed by atoms with Crippen LogP contribution >= 0.6 is 11.3 Å². The maximum absolute atomic E-state index is 11.7. The highest BCUT2D eigenvalue weighted by Gasteiger charge is 2.24. The molecule has 4 N–H and O–H groups in total. The largest absolute Gasteiger partial charge is 0.476 e. The molecular weight excluding hydrogens is 282 g/mol. The SMILES string of the molecule is O=C(NCc1nc(C(=O)O)cs1)NC1CCCCC1O. The van der Waals surface area contributed by atoms with Gasteiger partial charge in [0.05, 0.1) is 18.7 Å². The van der Waals surface area contributed by atoms with E-state index in [2.05, 4.69) is 15.6 Å². The van der Waals surface area contributed by atoms with Crippen LogP contribution in [0.4, 0.5) is 4.79 Å². The Labute approximate surface area is 120 Å². The Morgan fingerprint density at radius 3 is 2.80 bits per heavy atom. The van der Waals surface area contributed by atoms with Gasteiger partial charge in [0, 0.05) is 5.38 Å². The maximum Gasteiger partial charge on any atom is 0.355 e. The number of hydrogen-bond acceptors (Lipinski definition) is 5. The number of aliphatic hydroxyl groups excluding tert-OH is 1. The van der Waals surface area contributed by atoms with Crippen LogP contribution < -0.4 is 10.6 Å². The first-order valence-electron chi connectivity index (χ1n) is 6.46. The summed E-state index contributed by atoms with van der Waals surface area (Å²) in [4.78, 5) is 26.2. The molecule has 7 nitrogen and oxygen atoms in total. The monoisotopic (exact) mass is 299 g/mol. The summed E-state index contributed by atoms with van der Waals surface area (Å²) in [6.45, 7) is 0.173. The van der Waals surface area contributed by atoms with E-state index in [9.17, 15) is 14.7 Å². The van der Waals surface area contributed by atoms with Crippen LogP contribution in [0.15, 0.2) is 5.38 Å². The van der Waals surface area contributed by atoms with E-state index in [1.54, 1.807) is 0 Å². The van der Waals surface area contributed by atoms with Crippen molar-refractivity contribution in [3.8, 4) is 0 Å². The van der Waals surface area contributed by atoms with Crippen molar-refractivity contribution in [2.75, 3.05) is 0 Å². The molecule has 2 rings (SSSR count). The Morgan fingerprint density at radius 1 is 1.40 bits per heavy atom. The summed E-state index contributed by atoms with van der Waals surface area (Å²) in [5.41, 5.74) is -0.0186. The number of amides is 2. The molecule has 1 saturated carbocycles. The fraction of sp³-hybridized carbons (Fsp3) is 0.583. The van der Waals surface area contributed by atoms with Crippen LogP contribution in [0.2, 0.25) is 0 Å². The van der Waals surface area contributed by atoms with Crippen LogP contribution in [0.1, 0.15) is 41.2 Å². The van der Waals surface area contributed by atoms with Crippen molar-refractivity contribution < 1.29 is 19.8 Å². The smallest absolute Gasteiger partial charge is 0.355 e. The molecule has 2 unspecified atom stereocenters. The van der Waals surface area contributed by atoms with Crippen molar-refractivity contribution >= 4 is 23.3 Å². The molecule has 0 radical (unpaired) electrons. The topological polar surface area (TPSA) is 112 Å². The third kappa shape index (κ3) is 3.91. The quantitative estimate of drug-likeness (QED) is 0.661. The first kappa shape index (κ1) is 14.7. The van der Waals surface area contributed by atoms with Gasteiger partial charge in [-0.3, -0.25) is 0 Å². The molecule has 0 aliphatic heterocycles. The summed E-state index contributed by atoms with van der Waals surface area (Å²) in [6.07, 6.45) is 2.97. The molecule has 0 spiro atoms. The van der Waals surface area contributed by atoms with Crippen LogP contribution in [-0.4, -0.2) is 39.3 Å². The number of carbonyl (C=O) groups excluding carboxylic acids is 1. The van der Waals surface area contributed by atoms with Gasteiger partial charge < -0.3 is 20.8 Å². The minimum atomic E-state index is -1.08. The number of hydrogen-bond donors (Lipinski definition) is 4. The zero-order valence-corrected chi connectivity index (χ0v) is 11.7. The molecule has 2 amide bonds. The number of rotatable bonds is 4. The third-order valence-corrected chi connectivity index (χ3v) is 4.07. The van der Waals surface area contributed by atoms with Gasteiger partial charge in [0.15, 0.2) is 5.69 Å². The van der Waals surface area contributed by atoms with Gasteiger partial charge in [0.2, 0.25) is 0 Å². The van der Waals surface area contributed by atoms with E-state index in [1.165, 1.54) is 16.7 Å². The highest BCUT2D eigenvalue weighted by molar-refractivity contribution is 7.09. The van der Waals surface area contributed by atoms with Gasteiger partial charge >= 0.3 is 12.0 Å². The van der Waals surface area contributed by atoms with E-state index in [0.29, 0.717) is 11.4 Å². The van der Waals surface area contributed by atoms with Crippen molar-refractivity contribution in [3.05, 3.63) is 16.1 Å². The van der Waals surface area contributed by atoms with Crippen molar-refractivity contribution in [3.63, 3.8) is 0 Å². The fourth-order valence-corrected chi connectivity index (χ4v) is 2.85. The number of carboxylic acids is 1. The number of carboxylic acid groups (broad SMARTS) is 1. The molecule has 8 heteroatoms. The van der Waals surface area contributed by atoms with Gasteiger partial charge in [-0.2, -0.15) is 0 Å². The number of urea groups is 1. The van der Waals surface area contributed by atoms with Crippen LogP contribution in [0.25, 0.3) is 0 Å². The predicted octanol–water partition coefficient (Wildman–Crippen LogP) is 0.944. The standard InChI is InChI=1S/C12H17N3O4S/c16-9-4-2-1-3-7(9)15-12(19)13-5-10-14-8(6-20-10)11(17)18/h6-7,9,16H,1-5H2,(H,17,18)(H2,13,15,19). The predicted molar refractivity (Wildman–Crippen MR) is 72.7 cm³/mol. The first-order valence-corrected chi connectivity index (χ1v) is 7.34. The van der Waals surface area contributed by atoms with Crippen molar-refractivity contribution in [1.82, 2.24) is 15.6 Å². The van der Waals surface area contributed by atoms with E-state index in [-0.39, 0.29) is 24.3 Å². The van der Waals surface area contributed by atoms with Crippen LogP contribution in [0, 0.1) is 0 Å². The maximum atomic E-state index is 11.7. The summed E-state index contributed by atoms with van der Waals surface area (Å²) in [5.74, 6) is -1.08. The number of aliphatic hydroxyl groups is 1. The van der Waals surface area contributed by atoms with E-state index in [1.807, 2.05) is 0 Å². The third-order valence-electron chi connectivity index (χ3n) is 3.22. The lowest BCUT2D eigenvalue weighted by atomic mass is 9.93. The molecular formula is C12H17N3O4S. The average Bonchev–Trinajstić information content (AvgIpc) is 2.88. The first-order chi connectivity index (χ1) is 9.56. The summed E-state index contributed by atoms with van der Waals surface area (Å²) in [7, 11) is 0. The van der Waals surface area contributed by atoms with Gasteiger partial charge in [-0.05, 0) is 12.8 Å². The lowest BCUT2D eigenvalue weighted by Gasteiger charge is -2.28. The van der Waals surface area contributed by atoms with Crippen molar-refractivity contribution in [2.24, 2.45) is 0 Å². The molecule has 1 aromatic heterocycles. The highest BCUT2D eigenvalue weighted by atomic mass is 32.1. The minimum Gasteiger partial charge on any atom is -0.476 e. The number of nitrogens with one attached hydrogen (secondary N) is 2. The minimum absolute atomic E-state index is 0.0186. The molecule has 1 heterocycles. The Hall–Kier alpha value is -1.67. The summed E-state index contributed by atoms with van der Waals surface area (Å²) in [6, 6.07) is -0.586. The second-order valence-electron chi connectivity index (χ2n) is 4.72. The molecule has 110 valence electrons. The average molecular weight is 299 g/mol. The van der Waals surface area contributed by atoms with Gasteiger partial charge in [0.1, 0.15) is 5.01 Å². The lowest BCUT2D eigenvalue weighted by Crippen LogP contribution is -2.48. The normalized spacial score (nSPS) is 22.2. The van der Waals surface area contributed by atoms with E-state index in [4.69, 9.17) is 5.11 Å². The van der Waals surface area contributed by atoms with E-state index in [0.717, 1.165) is 19.3 Å². The molecule has 1 aromatic rings. The zero-order chi connectivity index (χ0) is 14.5. The molecule has 1 fully saturated rings. The second-order valence-corrected chi connectivity index (χ2v) is 5.66. The Balaban J connectivity index is 1.78. The molecule has 20 heavy (non-hydrogen) atoms. The molecule has 0 aromatic carbocycles. The number of nitrogens with zero attached hydrogens (tertiary/aromatic N) is 1. The molecule has 0 bridgehead atoms. The summed E-state index contributed by atoms with van der Waals surface area (Å²) < 4.78 is 0. The fourth-order valence-electron chi connectivity index (χ4n) is 2.15. The van der Waals surface area contributed by atoms with Crippen LogP contribution in [-0.2, 0) is 6.54 Å². The van der Waals surface area contributed by atoms with Crippen LogP contribution in [0.5, 0.6) is 0 Å². The summed E-state index contributed by atoms with van der Waals surface area (Å²) in [5, 5.41) is 25.8. The van der Waals surface area contributed by atoms with Crippen molar-refractivity contribution in [1.29, 1.82) is 0 Å². The van der Waals surface area contributed by atoms with Gasteiger partial charge in [-0.25, -0.2) is 14.6 Å². The Kier molecular flexibility index (Phi) is 4.91. The second kappa shape index (κ2) is 6.67. The van der Waals surface area contributed by atoms with Gasteiger partial charge in [-0.15, -0.1) is 11.3 Å². The number of thiazole rings is 1. The van der Waals surface area contributed by atoms with E-state index < -0.39 is 12.1 Å². The number of aromatic nitrogens is 1. The zero-order valence-electron chi connectivity index (χ0n) is 10.8. The summed E-state index contributed by atoms with van der Waals surface area (Å²) >= 11 is 1.18.